The molecule has 1 fully saturated rings. The molecule has 1 aliphatic heterocycles. The van der Waals surface area contributed by atoms with Gasteiger partial charge in [-0.1, -0.05) is 24.3 Å². The zero-order valence-electron chi connectivity index (χ0n) is 17.5. The highest BCUT2D eigenvalue weighted by atomic mass is 19.4. The minimum absolute atomic E-state index is 0.125. The number of hydrogen-bond acceptors (Lipinski definition) is 7. The maximum Gasteiger partial charge on any atom is 0.416 e. The number of hydrogen-bond donors (Lipinski definition) is 2. The molecule has 3 aromatic rings. The van der Waals surface area contributed by atoms with E-state index >= 15 is 0 Å². The van der Waals surface area contributed by atoms with Crippen LogP contribution in [0.3, 0.4) is 0 Å². The molecule has 0 amide bonds. The lowest BCUT2D eigenvalue weighted by molar-refractivity contribution is -0.137. The molecule has 1 unspecified atom stereocenters. The van der Waals surface area contributed by atoms with Crippen LogP contribution >= 0.6 is 0 Å². The first-order valence-electron chi connectivity index (χ1n) is 10.3. The lowest BCUT2D eigenvalue weighted by atomic mass is 10.1. The Labute approximate surface area is 184 Å². The molecule has 1 atom stereocenters. The van der Waals surface area contributed by atoms with E-state index in [4.69, 9.17) is 5.73 Å². The number of anilines is 4. The van der Waals surface area contributed by atoms with Crippen molar-refractivity contribution in [3.63, 3.8) is 0 Å². The first-order chi connectivity index (χ1) is 15.3. The van der Waals surface area contributed by atoms with Gasteiger partial charge in [-0.2, -0.15) is 28.1 Å². The van der Waals surface area contributed by atoms with E-state index in [2.05, 4.69) is 25.2 Å². The van der Waals surface area contributed by atoms with E-state index in [-0.39, 0.29) is 12.0 Å². The monoisotopic (exact) mass is 443 g/mol. The summed E-state index contributed by atoms with van der Waals surface area (Å²) in [5, 5.41) is 3.13. The summed E-state index contributed by atoms with van der Waals surface area (Å²) in [6, 6.07) is 14.8. The van der Waals surface area contributed by atoms with Gasteiger partial charge in [0.1, 0.15) is 0 Å². The normalized spacial score (nSPS) is 16.1. The molecule has 0 radical (unpaired) electrons. The van der Waals surface area contributed by atoms with Gasteiger partial charge in [-0.05, 0) is 37.3 Å². The number of nitrogens with one attached hydrogen (secondary N) is 1. The molecule has 10 heteroatoms. The van der Waals surface area contributed by atoms with Gasteiger partial charge in [0.2, 0.25) is 11.9 Å². The number of piperazine rings is 1. The maximum absolute atomic E-state index is 13.0. The molecular weight excluding hydrogens is 419 g/mol. The van der Waals surface area contributed by atoms with Crippen molar-refractivity contribution in [1.82, 2.24) is 19.9 Å². The number of benzene rings is 2. The highest BCUT2D eigenvalue weighted by molar-refractivity contribution is 5.53. The Morgan fingerprint density at radius 1 is 0.938 bits per heavy atom. The van der Waals surface area contributed by atoms with Crippen LogP contribution in [0.15, 0.2) is 54.6 Å². The lowest BCUT2D eigenvalue weighted by Crippen LogP contribution is -2.47. The number of nitrogen functional groups attached to an aromatic ring is 1. The molecule has 1 aliphatic rings. The maximum atomic E-state index is 13.0. The number of rotatable bonds is 5. The zero-order valence-corrected chi connectivity index (χ0v) is 17.5. The number of nitrogens with zero attached hydrogens (tertiary/aromatic N) is 5. The molecule has 0 bridgehead atoms. The fraction of sp³-hybridized carbons (Fsp3) is 0.318. The van der Waals surface area contributed by atoms with E-state index in [1.807, 2.05) is 42.2 Å². The highest BCUT2D eigenvalue weighted by Gasteiger charge is 2.31. The molecule has 1 saturated heterocycles. The van der Waals surface area contributed by atoms with Gasteiger partial charge < -0.3 is 16.0 Å². The van der Waals surface area contributed by atoms with E-state index in [0.29, 0.717) is 43.6 Å². The SMILES string of the molecule is CC(c1nc(N)nc(Nc2ccccc2)n1)N1CCN(c2cccc(C(F)(F)F)c2)CC1. The van der Waals surface area contributed by atoms with Gasteiger partial charge in [-0.25, -0.2) is 0 Å². The number of nitrogens with two attached hydrogens (primary N) is 1. The van der Waals surface area contributed by atoms with Gasteiger partial charge >= 0.3 is 6.18 Å². The summed E-state index contributed by atoms with van der Waals surface area (Å²) in [7, 11) is 0. The molecule has 4 rings (SSSR count). The van der Waals surface area contributed by atoms with Crippen molar-refractivity contribution in [3.8, 4) is 0 Å². The Kier molecular flexibility index (Phi) is 6.13. The minimum atomic E-state index is -4.35. The van der Waals surface area contributed by atoms with E-state index in [1.54, 1.807) is 6.07 Å². The van der Waals surface area contributed by atoms with Crippen LogP contribution in [0, 0.1) is 0 Å². The molecule has 2 aromatic carbocycles. The van der Waals surface area contributed by atoms with Crippen molar-refractivity contribution >= 4 is 23.3 Å². The van der Waals surface area contributed by atoms with Crippen LogP contribution in [-0.4, -0.2) is 46.0 Å². The van der Waals surface area contributed by atoms with Crippen LogP contribution in [0.4, 0.5) is 36.4 Å². The van der Waals surface area contributed by atoms with Gasteiger partial charge in [-0.15, -0.1) is 0 Å². The van der Waals surface area contributed by atoms with Crippen LogP contribution in [0.2, 0.25) is 0 Å². The summed E-state index contributed by atoms with van der Waals surface area (Å²) in [5.74, 6) is 1.04. The van der Waals surface area contributed by atoms with Crippen molar-refractivity contribution in [1.29, 1.82) is 0 Å². The first kappa shape index (κ1) is 21.8. The van der Waals surface area contributed by atoms with Crippen molar-refractivity contribution in [2.45, 2.75) is 19.1 Å². The third-order valence-electron chi connectivity index (χ3n) is 5.47. The Balaban J connectivity index is 1.43. The average molecular weight is 443 g/mol. The Hall–Kier alpha value is -3.40. The van der Waals surface area contributed by atoms with Crippen LogP contribution in [-0.2, 0) is 6.18 Å². The second-order valence-electron chi connectivity index (χ2n) is 7.61. The Morgan fingerprint density at radius 3 is 2.34 bits per heavy atom. The Bertz CT molecular complexity index is 1050. The van der Waals surface area contributed by atoms with Crippen LogP contribution in [0.5, 0.6) is 0 Å². The van der Waals surface area contributed by atoms with Gasteiger partial charge in [-0.3, -0.25) is 4.90 Å². The fourth-order valence-electron chi connectivity index (χ4n) is 3.71. The summed E-state index contributed by atoms with van der Waals surface area (Å²) in [6.45, 7) is 4.50. The van der Waals surface area contributed by atoms with E-state index in [1.165, 1.54) is 12.1 Å². The molecule has 168 valence electrons. The number of para-hydroxylation sites is 1. The molecule has 2 heterocycles. The Morgan fingerprint density at radius 2 is 1.66 bits per heavy atom. The van der Waals surface area contributed by atoms with E-state index in [0.717, 1.165) is 11.8 Å². The molecule has 0 spiro atoms. The van der Waals surface area contributed by atoms with Gasteiger partial charge in [0.05, 0.1) is 11.6 Å². The van der Waals surface area contributed by atoms with Gasteiger partial charge in [0, 0.05) is 37.6 Å². The summed E-state index contributed by atoms with van der Waals surface area (Å²) < 4.78 is 39.1. The number of halogens is 3. The average Bonchev–Trinajstić information content (AvgIpc) is 2.78. The van der Waals surface area contributed by atoms with E-state index < -0.39 is 11.7 Å². The third kappa shape index (κ3) is 5.08. The molecule has 3 N–H and O–H groups in total. The second-order valence-corrected chi connectivity index (χ2v) is 7.61. The molecule has 1 aromatic heterocycles. The van der Waals surface area contributed by atoms with E-state index in [9.17, 15) is 13.2 Å². The predicted octanol–water partition coefficient (Wildman–Crippen LogP) is 4.10. The molecule has 0 saturated carbocycles. The third-order valence-corrected chi connectivity index (χ3v) is 5.47. The summed E-state index contributed by atoms with van der Waals surface area (Å²) in [5.41, 5.74) is 6.69. The second kappa shape index (κ2) is 8.99. The summed E-state index contributed by atoms with van der Waals surface area (Å²) >= 11 is 0. The molecule has 0 aliphatic carbocycles. The lowest BCUT2D eigenvalue weighted by Gasteiger charge is -2.38. The minimum Gasteiger partial charge on any atom is -0.369 e. The van der Waals surface area contributed by atoms with Crippen molar-refractivity contribution in [3.05, 3.63) is 66.0 Å². The van der Waals surface area contributed by atoms with Crippen LogP contribution < -0.4 is 16.0 Å². The van der Waals surface area contributed by atoms with Gasteiger partial charge in [0.15, 0.2) is 5.82 Å². The van der Waals surface area contributed by atoms with Crippen LogP contribution in [0.1, 0.15) is 24.4 Å². The summed E-state index contributed by atoms with van der Waals surface area (Å²) in [4.78, 5) is 17.1. The van der Waals surface area contributed by atoms with Crippen LogP contribution in [0.25, 0.3) is 0 Å². The molecule has 32 heavy (non-hydrogen) atoms. The quantitative estimate of drug-likeness (QED) is 0.614. The predicted molar refractivity (Wildman–Crippen MR) is 118 cm³/mol. The topological polar surface area (TPSA) is 83.2 Å². The number of aromatic nitrogens is 3. The smallest absolute Gasteiger partial charge is 0.369 e. The van der Waals surface area contributed by atoms with Crippen molar-refractivity contribution in [2.75, 3.05) is 42.1 Å². The highest BCUT2D eigenvalue weighted by Crippen LogP contribution is 2.32. The molecular formula is C22H24F3N7. The first-order valence-corrected chi connectivity index (χ1v) is 10.3. The number of alkyl halides is 3. The summed E-state index contributed by atoms with van der Waals surface area (Å²) in [6.07, 6.45) is -4.35. The van der Waals surface area contributed by atoms with Crippen molar-refractivity contribution in [2.24, 2.45) is 0 Å². The van der Waals surface area contributed by atoms with Crippen molar-refractivity contribution < 1.29 is 13.2 Å². The standard InChI is InChI=1S/C22H24F3N7/c1-15(19-28-20(26)30-21(29-19)27-17-7-3-2-4-8-17)31-10-12-32(13-11-31)18-9-5-6-16(14-18)22(23,24)25/h2-9,14-15H,10-13H2,1H3,(H3,26,27,28,29,30). The fourth-order valence-corrected chi connectivity index (χ4v) is 3.71. The largest absolute Gasteiger partial charge is 0.416 e. The zero-order chi connectivity index (χ0) is 22.7. The molecule has 7 nitrogen and oxygen atoms in total. The van der Waals surface area contributed by atoms with Gasteiger partial charge in [0.25, 0.3) is 0 Å².